The van der Waals surface area contributed by atoms with Gasteiger partial charge in [0.2, 0.25) is 5.91 Å². The maximum Gasteiger partial charge on any atom is 0.227 e. The molecule has 0 radical (unpaired) electrons. The summed E-state index contributed by atoms with van der Waals surface area (Å²) in [4.78, 5) is 17.3. The van der Waals surface area contributed by atoms with Gasteiger partial charge >= 0.3 is 0 Å². The van der Waals surface area contributed by atoms with Crippen molar-refractivity contribution in [3.63, 3.8) is 0 Å². The fraction of sp³-hybridized carbons (Fsp3) is 0.450. The zero-order valence-corrected chi connectivity index (χ0v) is 14.1. The van der Waals surface area contributed by atoms with Gasteiger partial charge in [-0.3, -0.25) is 9.69 Å². The average molecular weight is 324 g/mol. The number of nitrogens with zero attached hydrogens (tertiary/aromatic N) is 2. The summed E-state index contributed by atoms with van der Waals surface area (Å²) in [5.41, 5.74) is 1.10. The van der Waals surface area contributed by atoms with E-state index >= 15 is 0 Å². The number of furan rings is 1. The minimum atomic E-state index is 0.268. The SMILES string of the molecule is Cc1ccc(CN2CC[C@@H]3[C@@H]2CCN3C(=O)Cc2ccccc2)o1. The molecule has 1 aromatic carbocycles. The third-order valence-corrected chi connectivity index (χ3v) is 5.36. The summed E-state index contributed by atoms with van der Waals surface area (Å²) in [5, 5.41) is 0. The molecule has 24 heavy (non-hydrogen) atoms. The molecule has 2 aliphatic heterocycles. The molecule has 1 aromatic heterocycles. The number of likely N-dealkylation sites (tertiary alicyclic amines) is 2. The largest absolute Gasteiger partial charge is 0.465 e. The maximum atomic E-state index is 12.7. The van der Waals surface area contributed by atoms with Crippen LogP contribution in [0.4, 0.5) is 0 Å². The van der Waals surface area contributed by atoms with Crippen molar-refractivity contribution in [2.24, 2.45) is 0 Å². The van der Waals surface area contributed by atoms with Crippen molar-refractivity contribution in [1.29, 1.82) is 0 Å². The van der Waals surface area contributed by atoms with E-state index in [4.69, 9.17) is 4.42 Å². The smallest absolute Gasteiger partial charge is 0.227 e. The number of aryl methyl sites for hydroxylation is 1. The Hall–Kier alpha value is -2.07. The van der Waals surface area contributed by atoms with Gasteiger partial charge in [0.1, 0.15) is 11.5 Å². The number of rotatable bonds is 4. The molecule has 1 amide bonds. The number of benzene rings is 1. The van der Waals surface area contributed by atoms with Crippen molar-refractivity contribution in [3.8, 4) is 0 Å². The summed E-state index contributed by atoms with van der Waals surface area (Å²) in [6.45, 7) is 4.77. The van der Waals surface area contributed by atoms with Crippen LogP contribution in [-0.2, 0) is 17.8 Å². The van der Waals surface area contributed by atoms with Crippen LogP contribution in [0.25, 0.3) is 0 Å². The van der Waals surface area contributed by atoms with Gasteiger partial charge in [-0.2, -0.15) is 0 Å². The third kappa shape index (κ3) is 2.98. The Bertz CT molecular complexity index is 709. The highest BCUT2D eigenvalue weighted by Gasteiger charge is 2.44. The lowest BCUT2D eigenvalue weighted by Crippen LogP contribution is -2.40. The number of carbonyl (C=O) groups is 1. The van der Waals surface area contributed by atoms with Crippen LogP contribution in [0.2, 0.25) is 0 Å². The van der Waals surface area contributed by atoms with Gasteiger partial charge in [0.15, 0.2) is 0 Å². The van der Waals surface area contributed by atoms with E-state index in [1.807, 2.05) is 43.3 Å². The Morgan fingerprint density at radius 2 is 1.88 bits per heavy atom. The molecule has 2 fully saturated rings. The van der Waals surface area contributed by atoms with Gasteiger partial charge in [0.25, 0.3) is 0 Å². The van der Waals surface area contributed by atoms with Gasteiger partial charge in [-0.1, -0.05) is 30.3 Å². The summed E-state index contributed by atoms with van der Waals surface area (Å²) >= 11 is 0. The van der Waals surface area contributed by atoms with Crippen LogP contribution in [0.1, 0.15) is 29.9 Å². The molecule has 4 heteroatoms. The van der Waals surface area contributed by atoms with E-state index in [9.17, 15) is 4.79 Å². The molecule has 0 unspecified atom stereocenters. The van der Waals surface area contributed by atoms with Crippen LogP contribution in [0.3, 0.4) is 0 Å². The fourth-order valence-electron chi connectivity index (χ4n) is 4.22. The van der Waals surface area contributed by atoms with Crippen molar-refractivity contribution < 1.29 is 9.21 Å². The zero-order valence-electron chi connectivity index (χ0n) is 14.1. The molecule has 0 aliphatic carbocycles. The van der Waals surface area contributed by atoms with Crippen molar-refractivity contribution in [2.75, 3.05) is 13.1 Å². The van der Waals surface area contributed by atoms with Crippen molar-refractivity contribution in [2.45, 2.75) is 44.8 Å². The first-order valence-electron chi connectivity index (χ1n) is 8.83. The van der Waals surface area contributed by atoms with Crippen LogP contribution in [0.5, 0.6) is 0 Å². The minimum Gasteiger partial charge on any atom is -0.465 e. The molecule has 3 heterocycles. The van der Waals surface area contributed by atoms with E-state index in [-0.39, 0.29) is 5.91 Å². The molecule has 2 aromatic rings. The molecule has 0 spiro atoms. The predicted molar refractivity (Wildman–Crippen MR) is 92.5 cm³/mol. The van der Waals surface area contributed by atoms with E-state index in [0.717, 1.165) is 49.6 Å². The van der Waals surface area contributed by atoms with Crippen LogP contribution in [0.15, 0.2) is 46.9 Å². The molecule has 4 rings (SSSR count). The summed E-state index contributed by atoms with van der Waals surface area (Å²) in [5.74, 6) is 2.26. The summed E-state index contributed by atoms with van der Waals surface area (Å²) in [7, 11) is 0. The normalized spacial score (nSPS) is 23.6. The van der Waals surface area contributed by atoms with Crippen molar-refractivity contribution in [1.82, 2.24) is 9.80 Å². The van der Waals surface area contributed by atoms with Crippen molar-refractivity contribution >= 4 is 5.91 Å². The summed E-state index contributed by atoms with van der Waals surface area (Å²) < 4.78 is 5.72. The molecule has 0 bridgehead atoms. The van der Waals surface area contributed by atoms with E-state index in [0.29, 0.717) is 18.5 Å². The van der Waals surface area contributed by atoms with E-state index in [2.05, 4.69) is 15.9 Å². The van der Waals surface area contributed by atoms with Crippen LogP contribution >= 0.6 is 0 Å². The first-order chi connectivity index (χ1) is 11.7. The Morgan fingerprint density at radius 1 is 1.08 bits per heavy atom. The second-order valence-electron chi connectivity index (χ2n) is 6.94. The standard InChI is InChI=1S/C20H24N2O2/c1-15-7-8-17(24-15)14-21-11-9-19-18(21)10-12-22(19)20(23)13-16-5-3-2-4-6-16/h2-8,18-19H,9-14H2,1H3/t18-,19+/m0/s1. The van der Waals surface area contributed by atoms with Gasteiger partial charge in [-0.25, -0.2) is 0 Å². The first kappa shape index (κ1) is 15.5. The van der Waals surface area contributed by atoms with Gasteiger partial charge < -0.3 is 9.32 Å². The molecule has 2 atom stereocenters. The Morgan fingerprint density at radius 3 is 2.62 bits per heavy atom. The quantitative estimate of drug-likeness (QED) is 0.867. The molecule has 126 valence electrons. The number of fused-ring (bicyclic) bond motifs is 1. The van der Waals surface area contributed by atoms with Gasteiger partial charge in [-0.15, -0.1) is 0 Å². The maximum absolute atomic E-state index is 12.7. The minimum absolute atomic E-state index is 0.268. The van der Waals surface area contributed by atoms with Gasteiger partial charge in [-0.05, 0) is 37.5 Å². The topological polar surface area (TPSA) is 36.7 Å². The fourth-order valence-corrected chi connectivity index (χ4v) is 4.22. The Labute approximate surface area is 143 Å². The highest BCUT2D eigenvalue weighted by Crippen LogP contribution is 2.33. The van der Waals surface area contributed by atoms with Crippen LogP contribution in [0, 0.1) is 6.92 Å². The van der Waals surface area contributed by atoms with Crippen LogP contribution < -0.4 is 0 Å². The lowest BCUT2D eigenvalue weighted by molar-refractivity contribution is -0.131. The number of hydrogen-bond donors (Lipinski definition) is 0. The van der Waals surface area contributed by atoms with Crippen LogP contribution in [-0.4, -0.2) is 40.9 Å². The molecule has 2 aliphatic rings. The molecule has 0 N–H and O–H groups in total. The predicted octanol–water partition coefficient (Wildman–Crippen LogP) is 3.01. The summed E-state index contributed by atoms with van der Waals surface area (Å²) in [6, 6.07) is 15.0. The second kappa shape index (κ2) is 6.44. The van der Waals surface area contributed by atoms with Crippen molar-refractivity contribution in [3.05, 3.63) is 59.5 Å². The van der Waals surface area contributed by atoms with Gasteiger partial charge in [0, 0.05) is 25.2 Å². The lowest BCUT2D eigenvalue weighted by atomic mass is 10.1. The Kier molecular flexibility index (Phi) is 4.15. The first-order valence-corrected chi connectivity index (χ1v) is 8.83. The molecular formula is C20H24N2O2. The molecule has 0 saturated carbocycles. The molecule has 2 saturated heterocycles. The monoisotopic (exact) mass is 324 g/mol. The third-order valence-electron chi connectivity index (χ3n) is 5.36. The molecular weight excluding hydrogens is 300 g/mol. The van der Waals surface area contributed by atoms with E-state index in [1.54, 1.807) is 0 Å². The van der Waals surface area contributed by atoms with E-state index in [1.165, 1.54) is 0 Å². The number of hydrogen-bond acceptors (Lipinski definition) is 3. The Balaban J connectivity index is 1.40. The zero-order chi connectivity index (χ0) is 16.5. The molecule has 4 nitrogen and oxygen atoms in total. The summed E-state index contributed by atoms with van der Waals surface area (Å²) in [6.07, 6.45) is 2.66. The highest BCUT2D eigenvalue weighted by molar-refractivity contribution is 5.79. The number of amides is 1. The number of carbonyl (C=O) groups excluding carboxylic acids is 1. The van der Waals surface area contributed by atoms with E-state index < -0.39 is 0 Å². The highest BCUT2D eigenvalue weighted by atomic mass is 16.3. The average Bonchev–Trinajstić information content (AvgIpc) is 3.26. The second-order valence-corrected chi connectivity index (χ2v) is 6.94. The lowest BCUT2D eigenvalue weighted by Gasteiger charge is -2.25. The van der Waals surface area contributed by atoms with Gasteiger partial charge in [0.05, 0.1) is 13.0 Å².